The van der Waals surface area contributed by atoms with E-state index in [-0.39, 0.29) is 29.7 Å². The van der Waals surface area contributed by atoms with E-state index in [2.05, 4.69) is 4.90 Å². The number of phenols is 1. The van der Waals surface area contributed by atoms with Gasteiger partial charge in [-0.3, -0.25) is 24.2 Å². The Hall–Kier alpha value is -3.93. The molecule has 0 spiro atoms. The first-order chi connectivity index (χ1) is 19.4. The fraction of sp³-hybridized carbons (Fsp3) is 0.433. The van der Waals surface area contributed by atoms with E-state index in [0.717, 1.165) is 25.1 Å². The molecule has 0 radical (unpaired) electrons. The normalized spacial score (nSPS) is 28.0. The van der Waals surface area contributed by atoms with Gasteiger partial charge < -0.3 is 30.9 Å². The summed E-state index contributed by atoms with van der Waals surface area (Å²) in [6, 6.07) is 4.62. The van der Waals surface area contributed by atoms with Crippen molar-refractivity contribution in [3.05, 3.63) is 57.6 Å². The number of aliphatic hydroxyl groups is 3. The lowest BCUT2D eigenvalue weighted by Crippen LogP contribution is -2.63. The van der Waals surface area contributed by atoms with Crippen molar-refractivity contribution in [1.29, 1.82) is 0 Å². The van der Waals surface area contributed by atoms with Gasteiger partial charge in [-0.25, -0.2) is 0 Å². The van der Waals surface area contributed by atoms with Gasteiger partial charge in [-0.1, -0.05) is 12.1 Å². The third-order valence-corrected chi connectivity index (χ3v) is 9.27. The molecule has 0 bridgehead atoms. The minimum absolute atomic E-state index is 0.0164. The first kappa shape index (κ1) is 27.3. The van der Waals surface area contributed by atoms with Crippen LogP contribution in [0.15, 0.2) is 40.9 Å². The molecule has 2 aromatic carbocycles. The fourth-order valence-electron chi connectivity index (χ4n) is 7.26. The maximum Gasteiger partial charge on any atom is 0.255 e. The van der Waals surface area contributed by atoms with Crippen LogP contribution in [-0.4, -0.2) is 93.6 Å². The first-order valence-corrected chi connectivity index (χ1v) is 13.6. The predicted molar refractivity (Wildman–Crippen MR) is 148 cm³/mol. The Balaban J connectivity index is 1.54. The lowest BCUT2D eigenvalue weighted by atomic mass is 9.58. The number of Topliss-reactive ketones (excluding diaryl/α,β-unsaturated/α-hetero) is 2. The van der Waals surface area contributed by atoms with E-state index in [4.69, 9.17) is 10.5 Å². The molecule has 41 heavy (non-hydrogen) atoms. The average molecular weight is 564 g/mol. The molecule has 6 N–H and O–H groups in total. The van der Waals surface area contributed by atoms with Crippen molar-refractivity contribution in [2.45, 2.75) is 37.5 Å². The van der Waals surface area contributed by atoms with Crippen LogP contribution < -0.4 is 10.5 Å². The summed E-state index contributed by atoms with van der Waals surface area (Å²) < 4.78 is 5.79. The lowest BCUT2D eigenvalue weighted by Gasteiger charge is -2.50. The van der Waals surface area contributed by atoms with E-state index >= 15 is 0 Å². The van der Waals surface area contributed by atoms with Crippen LogP contribution in [0.5, 0.6) is 11.5 Å². The summed E-state index contributed by atoms with van der Waals surface area (Å²) in [5, 5.41) is 46.7. The van der Waals surface area contributed by atoms with Crippen LogP contribution in [0.2, 0.25) is 0 Å². The summed E-state index contributed by atoms with van der Waals surface area (Å²) in [4.78, 5) is 43.5. The van der Waals surface area contributed by atoms with Crippen LogP contribution in [0.4, 0.5) is 0 Å². The van der Waals surface area contributed by atoms with Gasteiger partial charge in [0.05, 0.1) is 18.7 Å². The monoisotopic (exact) mass is 563 g/mol. The zero-order valence-electron chi connectivity index (χ0n) is 23.1. The number of likely N-dealkylation sites (N-methyl/N-ethyl adjacent to an activating group) is 1. The van der Waals surface area contributed by atoms with Crippen LogP contribution in [0.3, 0.4) is 0 Å². The summed E-state index contributed by atoms with van der Waals surface area (Å²) in [6.07, 6.45) is 1.31. The minimum Gasteiger partial charge on any atom is -0.510 e. The maximum atomic E-state index is 14.1. The molecule has 0 aromatic heterocycles. The van der Waals surface area contributed by atoms with Crippen LogP contribution in [-0.2, 0) is 22.6 Å². The second-order valence-electron chi connectivity index (χ2n) is 11.7. The minimum atomic E-state index is -2.68. The first-order valence-electron chi connectivity index (χ1n) is 13.6. The molecule has 0 saturated carbocycles. The van der Waals surface area contributed by atoms with Crippen LogP contribution in [0, 0.1) is 11.8 Å². The number of hydrogen-bond acceptors (Lipinski definition) is 10. The van der Waals surface area contributed by atoms with Crippen molar-refractivity contribution in [3.8, 4) is 11.5 Å². The number of methoxy groups -OCH3 is 1. The van der Waals surface area contributed by atoms with Crippen molar-refractivity contribution in [2.75, 3.05) is 34.3 Å². The molecule has 11 heteroatoms. The second kappa shape index (κ2) is 9.30. The van der Waals surface area contributed by atoms with Crippen molar-refractivity contribution >= 4 is 28.2 Å². The summed E-state index contributed by atoms with van der Waals surface area (Å²) in [5.41, 5.74) is 3.06. The van der Waals surface area contributed by atoms with Crippen molar-refractivity contribution in [2.24, 2.45) is 17.6 Å². The number of hydrogen-bond donors (Lipinski definition) is 5. The molecule has 6 rings (SSSR count). The summed E-state index contributed by atoms with van der Waals surface area (Å²) >= 11 is 0. The molecule has 1 saturated heterocycles. The molecule has 1 heterocycles. The number of ketones is 2. The summed E-state index contributed by atoms with van der Waals surface area (Å²) in [5.74, 6) is -6.33. The molecule has 216 valence electrons. The zero-order valence-corrected chi connectivity index (χ0v) is 23.1. The number of allylic oxidation sites excluding steroid dienone is 1. The number of carbonyl (C=O) groups excluding carboxylic acids is 3. The van der Waals surface area contributed by atoms with Gasteiger partial charge in [-0.05, 0) is 64.0 Å². The van der Waals surface area contributed by atoms with Crippen molar-refractivity contribution < 1.29 is 39.5 Å². The topological polar surface area (TPSA) is 174 Å². The number of carbonyl (C=O) groups is 3. The number of benzene rings is 2. The average Bonchev–Trinajstić information content (AvgIpc) is 2.88. The highest BCUT2D eigenvalue weighted by Crippen LogP contribution is 2.54. The van der Waals surface area contributed by atoms with Gasteiger partial charge in [-0.2, -0.15) is 0 Å². The van der Waals surface area contributed by atoms with Gasteiger partial charge in [0, 0.05) is 34.4 Å². The van der Waals surface area contributed by atoms with Crippen LogP contribution in [0.25, 0.3) is 10.8 Å². The van der Waals surface area contributed by atoms with E-state index in [1.807, 2.05) is 18.2 Å². The number of likely N-dealkylation sites (tertiary alicyclic amines) is 1. The highest BCUT2D eigenvalue weighted by Gasteiger charge is 2.63. The number of rotatable bonds is 5. The predicted octanol–water partition coefficient (Wildman–Crippen LogP) is 1.49. The molecule has 11 nitrogen and oxygen atoms in total. The number of aliphatic hydroxyl groups excluding tert-OH is 2. The maximum absolute atomic E-state index is 14.1. The Morgan fingerprint density at radius 1 is 1.17 bits per heavy atom. The van der Waals surface area contributed by atoms with E-state index in [1.54, 1.807) is 14.1 Å². The zero-order chi connectivity index (χ0) is 29.5. The van der Waals surface area contributed by atoms with E-state index in [1.165, 1.54) is 12.0 Å². The molecule has 2 aromatic rings. The van der Waals surface area contributed by atoms with Gasteiger partial charge in [-0.15, -0.1) is 0 Å². The molecule has 1 amide bonds. The van der Waals surface area contributed by atoms with Gasteiger partial charge >= 0.3 is 0 Å². The molecule has 1 fully saturated rings. The number of phenolic OH excluding ortho intramolecular Hbond substituents is 1. The Kier molecular flexibility index (Phi) is 6.18. The quantitative estimate of drug-likeness (QED) is 0.335. The van der Waals surface area contributed by atoms with E-state index < -0.39 is 58.0 Å². The highest BCUT2D eigenvalue weighted by molar-refractivity contribution is 6.25. The number of amides is 1. The Morgan fingerprint density at radius 2 is 1.88 bits per heavy atom. The number of nitrogens with zero attached hydrogens (tertiary/aromatic N) is 2. The smallest absolute Gasteiger partial charge is 0.255 e. The van der Waals surface area contributed by atoms with Crippen molar-refractivity contribution in [3.63, 3.8) is 0 Å². The van der Waals surface area contributed by atoms with Gasteiger partial charge in [0.1, 0.15) is 28.6 Å². The molecular formula is C30H33N3O8. The second-order valence-corrected chi connectivity index (χ2v) is 11.7. The number of nitrogens with two attached hydrogens (primary N) is 1. The third-order valence-electron chi connectivity index (χ3n) is 9.27. The molecule has 4 atom stereocenters. The summed E-state index contributed by atoms with van der Waals surface area (Å²) in [6.45, 7) is 2.68. The van der Waals surface area contributed by atoms with E-state index in [9.17, 15) is 34.8 Å². The molecule has 3 aliphatic carbocycles. The number of aromatic hydroxyl groups is 1. The summed E-state index contributed by atoms with van der Waals surface area (Å²) in [7, 11) is 4.68. The van der Waals surface area contributed by atoms with Gasteiger partial charge in [0.2, 0.25) is 5.78 Å². The number of primary amides is 1. The van der Waals surface area contributed by atoms with Crippen LogP contribution >= 0.6 is 0 Å². The molecule has 4 aliphatic rings. The number of ether oxygens (including phenoxy) is 1. The number of fused-ring (bicyclic) bond motifs is 4. The molecular weight excluding hydrogens is 530 g/mol. The fourth-order valence-corrected chi connectivity index (χ4v) is 7.26. The Morgan fingerprint density at radius 3 is 2.46 bits per heavy atom. The lowest BCUT2D eigenvalue weighted by molar-refractivity contribution is -0.148. The molecule has 0 unspecified atom stereocenters. The van der Waals surface area contributed by atoms with Gasteiger partial charge in [0.15, 0.2) is 11.4 Å². The van der Waals surface area contributed by atoms with Crippen LogP contribution in [0.1, 0.15) is 34.3 Å². The van der Waals surface area contributed by atoms with Crippen molar-refractivity contribution in [1.82, 2.24) is 9.80 Å². The Bertz CT molecular complexity index is 1600. The van der Waals surface area contributed by atoms with E-state index in [0.29, 0.717) is 28.6 Å². The van der Waals surface area contributed by atoms with Gasteiger partial charge in [0.25, 0.3) is 5.91 Å². The highest BCUT2D eigenvalue weighted by atomic mass is 16.5. The SMILES string of the molecule is COc1c2c(c(O)c3cc(CN4CCC4)ccc13)C(=O)C1=C(O)[C@]3(O)C(=O)C(C(N)=O)=C(O)[C@@H](N(C)C)[C@@H]3C[C@@H]1C2. The Labute approximate surface area is 236 Å². The third kappa shape index (κ3) is 3.65. The largest absolute Gasteiger partial charge is 0.510 e. The standard InChI is InChI=1S/C30H33N3O8/c1-32(2)22-18-11-14-10-17-20(24(35)19(14)27(37)30(18,40)28(38)21(25(22)36)29(31)39)23(34)16-9-13(12-33-7-4-8-33)5-6-15(16)26(17)41-3/h5-6,9,14,18,22,34,36-37,40H,4,7-8,10-12H2,1-3H3,(H2,31,39)/t14-,18-,22-,30-/m0/s1. The molecule has 1 aliphatic heterocycles.